The van der Waals surface area contributed by atoms with Gasteiger partial charge in [0.25, 0.3) is 0 Å². The van der Waals surface area contributed by atoms with E-state index in [-0.39, 0.29) is 6.61 Å². The zero-order valence-electron chi connectivity index (χ0n) is 20.1. The predicted octanol–water partition coefficient (Wildman–Crippen LogP) is 5.30. The zero-order chi connectivity index (χ0) is 22.6. The van der Waals surface area contributed by atoms with Crippen LogP contribution in [0.4, 0.5) is 0 Å². The molecule has 0 aromatic heterocycles. The molecule has 0 aromatic rings. The van der Waals surface area contributed by atoms with Gasteiger partial charge in [0.15, 0.2) is 0 Å². The smallest absolute Gasteiger partial charge is 0.114 e. The fourth-order valence-corrected chi connectivity index (χ4v) is 4.14. The maximum Gasteiger partial charge on any atom is 0.114 e. The molecule has 1 aliphatic heterocycles. The second-order valence-electron chi connectivity index (χ2n) is 9.09. The third kappa shape index (κ3) is 14.3. The molecule has 5 nitrogen and oxygen atoms in total. The Kier molecular flexibility index (Phi) is 18.6. The Morgan fingerprint density at radius 3 is 1.90 bits per heavy atom. The molecule has 31 heavy (non-hydrogen) atoms. The Bertz CT molecular complexity index is 415. The molecule has 0 unspecified atom stereocenters. The molecule has 4 atom stereocenters. The quantitative estimate of drug-likeness (QED) is 0.166. The van der Waals surface area contributed by atoms with Gasteiger partial charge in [-0.1, -0.05) is 89.7 Å². The van der Waals surface area contributed by atoms with Crippen LogP contribution in [0.15, 0.2) is 12.2 Å². The predicted molar refractivity (Wildman–Crippen MR) is 127 cm³/mol. The van der Waals surface area contributed by atoms with Gasteiger partial charge in [-0.3, -0.25) is 0 Å². The van der Waals surface area contributed by atoms with E-state index in [0.717, 1.165) is 25.7 Å². The minimum Gasteiger partial charge on any atom is -0.394 e. The van der Waals surface area contributed by atoms with Gasteiger partial charge in [-0.25, -0.2) is 0 Å². The van der Waals surface area contributed by atoms with Crippen molar-refractivity contribution < 1.29 is 24.8 Å². The summed E-state index contributed by atoms with van der Waals surface area (Å²) < 4.78 is 11.0. The lowest BCUT2D eigenvalue weighted by molar-refractivity contribution is -0.0730. The van der Waals surface area contributed by atoms with Crippen molar-refractivity contribution >= 4 is 0 Å². The summed E-state index contributed by atoms with van der Waals surface area (Å²) in [6, 6.07) is 0. The van der Waals surface area contributed by atoms with Gasteiger partial charge in [-0.2, -0.15) is 0 Å². The fraction of sp³-hybridized carbons (Fsp3) is 0.923. The van der Waals surface area contributed by atoms with Gasteiger partial charge in [-0.15, -0.1) is 0 Å². The Hall–Kier alpha value is -0.460. The first-order chi connectivity index (χ1) is 15.2. The highest BCUT2D eigenvalue weighted by molar-refractivity contribution is 4.88. The second kappa shape index (κ2) is 20.2. The minimum absolute atomic E-state index is 0.269. The van der Waals surface area contributed by atoms with E-state index in [1.165, 1.54) is 77.0 Å². The van der Waals surface area contributed by atoms with Crippen LogP contribution in [0.3, 0.4) is 0 Å². The third-order valence-electron chi connectivity index (χ3n) is 6.22. The van der Waals surface area contributed by atoms with Crippen LogP contribution < -0.4 is 0 Å². The van der Waals surface area contributed by atoms with Crippen molar-refractivity contribution in [3.8, 4) is 0 Å². The SMILES string of the molecule is CCCCCCCCCCCCC/C=C/CCCCCO[C@H]1CO[C@@H]([C@H](O)CO)[C@H]1O. The van der Waals surface area contributed by atoms with Crippen molar-refractivity contribution in [2.75, 3.05) is 19.8 Å². The van der Waals surface area contributed by atoms with Gasteiger partial charge in [0.1, 0.15) is 24.4 Å². The molecule has 1 rings (SSSR count). The maximum absolute atomic E-state index is 10.1. The van der Waals surface area contributed by atoms with Crippen LogP contribution in [0, 0.1) is 0 Å². The van der Waals surface area contributed by atoms with Crippen molar-refractivity contribution in [1.82, 2.24) is 0 Å². The summed E-state index contributed by atoms with van der Waals surface area (Å²) in [6.45, 7) is 2.72. The molecule has 184 valence electrons. The summed E-state index contributed by atoms with van der Waals surface area (Å²) in [5.41, 5.74) is 0. The molecule has 1 fully saturated rings. The highest BCUT2D eigenvalue weighted by atomic mass is 16.6. The molecular formula is C26H50O5. The third-order valence-corrected chi connectivity index (χ3v) is 6.22. The molecule has 0 aromatic carbocycles. The van der Waals surface area contributed by atoms with Gasteiger partial charge in [0.05, 0.1) is 13.2 Å². The maximum atomic E-state index is 10.1. The highest BCUT2D eigenvalue weighted by Gasteiger charge is 2.40. The molecule has 0 saturated carbocycles. The first-order valence-electron chi connectivity index (χ1n) is 13.1. The Balaban J connectivity index is 1.81. The first kappa shape index (κ1) is 28.6. The monoisotopic (exact) mass is 442 g/mol. The number of hydrogen-bond acceptors (Lipinski definition) is 5. The van der Waals surface area contributed by atoms with Gasteiger partial charge in [-0.05, 0) is 32.1 Å². The normalized spacial score (nSPS) is 22.5. The molecule has 1 saturated heterocycles. The van der Waals surface area contributed by atoms with E-state index in [0.29, 0.717) is 6.61 Å². The Morgan fingerprint density at radius 2 is 1.35 bits per heavy atom. The van der Waals surface area contributed by atoms with Crippen LogP contribution in [0.1, 0.15) is 110 Å². The van der Waals surface area contributed by atoms with Crippen LogP contribution >= 0.6 is 0 Å². The lowest BCUT2D eigenvalue weighted by atomic mass is 10.1. The molecule has 0 bridgehead atoms. The summed E-state index contributed by atoms with van der Waals surface area (Å²) in [5, 5.41) is 28.6. The van der Waals surface area contributed by atoms with E-state index in [2.05, 4.69) is 19.1 Å². The van der Waals surface area contributed by atoms with Crippen molar-refractivity contribution in [2.45, 2.75) is 134 Å². The number of rotatable bonds is 21. The van der Waals surface area contributed by atoms with Gasteiger partial charge in [0, 0.05) is 6.61 Å². The van der Waals surface area contributed by atoms with E-state index in [1.54, 1.807) is 0 Å². The number of hydrogen-bond donors (Lipinski definition) is 3. The first-order valence-corrected chi connectivity index (χ1v) is 13.1. The number of allylic oxidation sites excluding steroid dienone is 2. The summed E-state index contributed by atoms with van der Waals surface area (Å²) in [7, 11) is 0. The summed E-state index contributed by atoms with van der Waals surface area (Å²) in [6.07, 6.45) is 22.5. The number of aliphatic hydroxyl groups excluding tert-OH is 3. The summed E-state index contributed by atoms with van der Waals surface area (Å²) in [5.74, 6) is 0. The molecule has 0 spiro atoms. The van der Waals surface area contributed by atoms with Crippen LogP contribution in [-0.4, -0.2) is 59.6 Å². The fourth-order valence-electron chi connectivity index (χ4n) is 4.14. The number of ether oxygens (including phenoxy) is 2. The van der Waals surface area contributed by atoms with Crippen molar-refractivity contribution in [3.05, 3.63) is 12.2 Å². The zero-order valence-corrected chi connectivity index (χ0v) is 20.1. The lowest BCUT2D eigenvalue weighted by Crippen LogP contribution is -2.41. The van der Waals surface area contributed by atoms with Crippen LogP contribution in [0.5, 0.6) is 0 Å². The van der Waals surface area contributed by atoms with E-state index in [1.807, 2.05) is 0 Å². The van der Waals surface area contributed by atoms with Crippen LogP contribution in [0.2, 0.25) is 0 Å². The van der Waals surface area contributed by atoms with E-state index in [4.69, 9.17) is 14.6 Å². The van der Waals surface area contributed by atoms with Crippen molar-refractivity contribution in [1.29, 1.82) is 0 Å². The van der Waals surface area contributed by atoms with Crippen LogP contribution in [0.25, 0.3) is 0 Å². The topological polar surface area (TPSA) is 79.2 Å². The number of aliphatic hydroxyl groups is 3. The lowest BCUT2D eigenvalue weighted by Gasteiger charge is -2.20. The number of unbranched alkanes of at least 4 members (excludes halogenated alkanes) is 14. The molecular weight excluding hydrogens is 392 g/mol. The second-order valence-corrected chi connectivity index (χ2v) is 9.09. The van der Waals surface area contributed by atoms with E-state index < -0.39 is 31.0 Å². The summed E-state index contributed by atoms with van der Waals surface area (Å²) in [4.78, 5) is 0. The Morgan fingerprint density at radius 1 is 0.839 bits per heavy atom. The van der Waals surface area contributed by atoms with Gasteiger partial charge < -0.3 is 24.8 Å². The standard InChI is InChI=1S/C26H50O5/c1-2-3-4-5-6-7-8-9-10-11-12-13-14-15-16-17-18-19-20-30-24-22-31-26(25(24)29)23(28)21-27/h14-15,23-29H,2-13,16-22H2,1H3/b15-14+/t23-,24+,25+,26+/m1/s1. The van der Waals surface area contributed by atoms with Crippen LogP contribution in [-0.2, 0) is 9.47 Å². The molecule has 1 heterocycles. The average Bonchev–Trinajstić information content (AvgIpc) is 3.15. The molecule has 0 aliphatic carbocycles. The van der Waals surface area contributed by atoms with Crippen molar-refractivity contribution in [3.63, 3.8) is 0 Å². The molecule has 0 radical (unpaired) electrons. The Labute approximate surface area is 191 Å². The molecule has 0 amide bonds. The molecule has 1 aliphatic rings. The molecule has 3 N–H and O–H groups in total. The largest absolute Gasteiger partial charge is 0.394 e. The highest BCUT2D eigenvalue weighted by Crippen LogP contribution is 2.20. The molecule has 5 heteroatoms. The average molecular weight is 443 g/mol. The summed E-state index contributed by atoms with van der Waals surface area (Å²) >= 11 is 0. The van der Waals surface area contributed by atoms with E-state index >= 15 is 0 Å². The van der Waals surface area contributed by atoms with Crippen molar-refractivity contribution in [2.24, 2.45) is 0 Å². The minimum atomic E-state index is -1.06. The van der Waals surface area contributed by atoms with Gasteiger partial charge in [0.2, 0.25) is 0 Å². The van der Waals surface area contributed by atoms with Gasteiger partial charge >= 0.3 is 0 Å². The van der Waals surface area contributed by atoms with E-state index in [9.17, 15) is 10.2 Å².